The second-order valence-electron chi connectivity index (χ2n) is 1.90. The first kappa shape index (κ1) is 10.1. The normalized spacial score (nSPS) is 12.0. The average molecular weight is 163 g/mol. The molecule has 0 bridgehead atoms. The first-order valence-corrected chi connectivity index (χ1v) is 5.25. The summed E-state index contributed by atoms with van der Waals surface area (Å²) in [5.41, 5.74) is 0. The lowest BCUT2D eigenvalue weighted by atomic mass is 10.9. The van der Waals surface area contributed by atoms with E-state index in [0.29, 0.717) is 0 Å². The quantitative estimate of drug-likeness (QED) is 0.429. The van der Waals surface area contributed by atoms with E-state index < -0.39 is 0 Å². The van der Waals surface area contributed by atoms with Gasteiger partial charge in [0.25, 0.3) is 0 Å². The van der Waals surface area contributed by atoms with Crippen LogP contribution in [0.15, 0.2) is 0 Å². The summed E-state index contributed by atoms with van der Waals surface area (Å²) in [7, 11) is 1.56. The summed E-state index contributed by atoms with van der Waals surface area (Å²) in [6.45, 7) is 5.44. The van der Waals surface area contributed by atoms with Crippen LogP contribution in [0.4, 0.5) is 0 Å². The van der Waals surface area contributed by atoms with Gasteiger partial charge in [0.2, 0.25) is 0 Å². The maximum Gasteiger partial charge on any atom is 0.158 e. The van der Waals surface area contributed by atoms with Gasteiger partial charge in [-0.2, -0.15) is 0 Å². The molecule has 1 N–H and O–H groups in total. The molecule has 0 heterocycles. The fourth-order valence-corrected chi connectivity index (χ4v) is 1.74. The molecule has 0 saturated carbocycles. The SMILES string of the molecule is CCOC(OCC)[SiH2]NC. The van der Waals surface area contributed by atoms with Crippen molar-refractivity contribution in [2.45, 2.75) is 19.8 Å². The summed E-state index contributed by atoms with van der Waals surface area (Å²) in [6, 6.07) is 0. The highest BCUT2D eigenvalue weighted by Crippen LogP contribution is 1.89. The van der Waals surface area contributed by atoms with Gasteiger partial charge in [0.1, 0.15) is 5.91 Å². The van der Waals surface area contributed by atoms with Crippen molar-refractivity contribution in [3.63, 3.8) is 0 Å². The van der Waals surface area contributed by atoms with Crippen LogP contribution in [-0.2, 0) is 9.47 Å². The minimum atomic E-state index is -0.381. The highest BCUT2D eigenvalue weighted by atomic mass is 28.2. The molecule has 0 aromatic heterocycles. The lowest BCUT2D eigenvalue weighted by Gasteiger charge is -2.15. The van der Waals surface area contributed by atoms with E-state index >= 15 is 0 Å². The molecule has 62 valence electrons. The number of nitrogens with one attached hydrogen (secondary N) is 1. The van der Waals surface area contributed by atoms with Crippen molar-refractivity contribution < 1.29 is 9.47 Å². The molecule has 10 heavy (non-hydrogen) atoms. The predicted octanol–water partition coefficient (Wildman–Crippen LogP) is -0.354. The lowest BCUT2D eigenvalue weighted by molar-refractivity contribution is -0.0834. The van der Waals surface area contributed by atoms with Gasteiger partial charge in [0, 0.05) is 13.2 Å². The van der Waals surface area contributed by atoms with Crippen LogP contribution in [-0.4, -0.2) is 35.9 Å². The van der Waals surface area contributed by atoms with E-state index in [4.69, 9.17) is 9.47 Å². The molecule has 0 fully saturated rings. The van der Waals surface area contributed by atoms with Crippen molar-refractivity contribution in [1.29, 1.82) is 0 Å². The van der Waals surface area contributed by atoms with Crippen molar-refractivity contribution in [3.05, 3.63) is 0 Å². The molecular formula is C6H17NO2Si. The number of hydrogen-bond donors (Lipinski definition) is 1. The lowest BCUT2D eigenvalue weighted by Crippen LogP contribution is -2.33. The summed E-state index contributed by atoms with van der Waals surface area (Å²) in [5.74, 6) is 0.0556. The Morgan fingerprint density at radius 2 is 1.80 bits per heavy atom. The van der Waals surface area contributed by atoms with Gasteiger partial charge in [0.15, 0.2) is 9.68 Å². The molecule has 0 aliphatic rings. The molecular weight excluding hydrogens is 146 g/mol. The van der Waals surface area contributed by atoms with Crippen LogP contribution in [0, 0.1) is 0 Å². The first-order chi connectivity index (χ1) is 4.85. The zero-order valence-electron chi connectivity index (χ0n) is 7.02. The second-order valence-corrected chi connectivity index (χ2v) is 3.68. The summed E-state index contributed by atoms with van der Waals surface area (Å²) in [5, 5.41) is 0. The van der Waals surface area contributed by atoms with Crippen molar-refractivity contribution in [1.82, 2.24) is 4.98 Å². The molecule has 0 unspecified atom stereocenters. The fraction of sp³-hybridized carbons (Fsp3) is 1.00. The Morgan fingerprint density at radius 3 is 2.10 bits per heavy atom. The van der Waals surface area contributed by atoms with Crippen molar-refractivity contribution in [3.8, 4) is 0 Å². The Bertz CT molecular complexity index is 58.5. The van der Waals surface area contributed by atoms with Crippen LogP contribution in [0.1, 0.15) is 13.8 Å². The summed E-state index contributed by atoms with van der Waals surface area (Å²) in [6.07, 6.45) is 0. The Labute approximate surface area is 65.0 Å². The number of ether oxygens (including phenoxy) is 2. The van der Waals surface area contributed by atoms with Crippen LogP contribution < -0.4 is 4.98 Å². The molecule has 0 aromatic carbocycles. The van der Waals surface area contributed by atoms with Gasteiger partial charge in [-0.3, -0.25) is 0 Å². The Morgan fingerprint density at radius 1 is 1.30 bits per heavy atom. The molecule has 4 heteroatoms. The summed E-state index contributed by atoms with van der Waals surface area (Å²) < 4.78 is 10.6. The minimum Gasteiger partial charge on any atom is -0.356 e. The fourth-order valence-electron chi connectivity index (χ4n) is 0.704. The van der Waals surface area contributed by atoms with Crippen molar-refractivity contribution >= 4 is 9.68 Å². The molecule has 0 saturated heterocycles. The predicted molar refractivity (Wildman–Crippen MR) is 44.6 cm³/mol. The van der Waals surface area contributed by atoms with Crippen LogP contribution in [0.3, 0.4) is 0 Å². The highest BCUT2D eigenvalue weighted by Gasteiger charge is 2.05. The Hall–Kier alpha value is 0.0969. The molecule has 0 aliphatic carbocycles. The van der Waals surface area contributed by atoms with Crippen LogP contribution in [0.5, 0.6) is 0 Å². The van der Waals surface area contributed by atoms with E-state index in [1.54, 1.807) is 0 Å². The minimum absolute atomic E-state index is 0.0556. The van der Waals surface area contributed by atoms with Crippen LogP contribution in [0.2, 0.25) is 0 Å². The smallest absolute Gasteiger partial charge is 0.158 e. The third-order valence-corrected chi connectivity index (χ3v) is 2.29. The van der Waals surface area contributed by atoms with Gasteiger partial charge in [0.05, 0.1) is 0 Å². The van der Waals surface area contributed by atoms with Gasteiger partial charge in [-0.05, 0) is 20.9 Å². The molecule has 0 rings (SSSR count). The second kappa shape index (κ2) is 7.21. The molecule has 0 amide bonds. The maximum absolute atomic E-state index is 5.30. The number of rotatable bonds is 6. The first-order valence-electron chi connectivity index (χ1n) is 3.72. The monoisotopic (exact) mass is 163 g/mol. The van der Waals surface area contributed by atoms with E-state index in [2.05, 4.69) is 4.98 Å². The van der Waals surface area contributed by atoms with E-state index in [0.717, 1.165) is 13.2 Å². The van der Waals surface area contributed by atoms with Crippen LogP contribution in [0.25, 0.3) is 0 Å². The third-order valence-electron chi connectivity index (χ3n) is 1.08. The summed E-state index contributed by atoms with van der Waals surface area (Å²) in [4.78, 5) is 3.13. The average Bonchev–Trinajstić information content (AvgIpc) is 1.90. The Kier molecular flexibility index (Phi) is 7.28. The molecule has 0 aliphatic heterocycles. The highest BCUT2D eigenvalue weighted by molar-refractivity contribution is 6.33. The van der Waals surface area contributed by atoms with E-state index in [1.807, 2.05) is 20.9 Å². The molecule has 0 aromatic rings. The third kappa shape index (κ3) is 4.93. The van der Waals surface area contributed by atoms with Gasteiger partial charge >= 0.3 is 0 Å². The molecule has 3 nitrogen and oxygen atoms in total. The van der Waals surface area contributed by atoms with E-state index in [1.165, 1.54) is 0 Å². The Balaban J connectivity index is 3.30. The van der Waals surface area contributed by atoms with Gasteiger partial charge in [-0.15, -0.1) is 0 Å². The zero-order chi connectivity index (χ0) is 7.82. The van der Waals surface area contributed by atoms with Crippen LogP contribution >= 0.6 is 0 Å². The molecule has 0 spiro atoms. The van der Waals surface area contributed by atoms with E-state index in [9.17, 15) is 0 Å². The van der Waals surface area contributed by atoms with Gasteiger partial charge in [-0.25, -0.2) is 0 Å². The molecule has 0 atom stereocenters. The van der Waals surface area contributed by atoms with Gasteiger partial charge < -0.3 is 14.5 Å². The summed E-state index contributed by atoms with van der Waals surface area (Å²) >= 11 is 0. The topological polar surface area (TPSA) is 30.5 Å². The standard InChI is InChI=1S/C6H17NO2Si/c1-4-8-6(9-5-2)10-7-3/h6-7H,4-5,10H2,1-3H3. The largest absolute Gasteiger partial charge is 0.356 e. The maximum atomic E-state index is 5.30. The van der Waals surface area contributed by atoms with Gasteiger partial charge in [-0.1, -0.05) is 0 Å². The number of hydrogen-bond acceptors (Lipinski definition) is 3. The molecule has 0 radical (unpaired) electrons. The van der Waals surface area contributed by atoms with E-state index in [-0.39, 0.29) is 15.6 Å². The van der Waals surface area contributed by atoms with Crippen molar-refractivity contribution in [2.24, 2.45) is 0 Å². The van der Waals surface area contributed by atoms with Crippen molar-refractivity contribution in [2.75, 3.05) is 20.3 Å². The zero-order valence-corrected chi connectivity index (χ0v) is 8.43.